The number of ketones is 1. The molecule has 0 spiro atoms. The molecule has 3 aromatic rings. The van der Waals surface area contributed by atoms with Crippen molar-refractivity contribution in [3.05, 3.63) is 94.8 Å². The maximum Gasteiger partial charge on any atom is 0.261 e. The summed E-state index contributed by atoms with van der Waals surface area (Å²) in [5.74, 6) is -0.379. The lowest BCUT2D eigenvalue weighted by atomic mass is 10.0. The van der Waals surface area contributed by atoms with Gasteiger partial charge < -0.3 is 0 Å². The number of pyridine rings is 1. The van der Waals surface area contributed by atoms with E-state index >= 15 is 0 Å². The number of nitrogens with one attached hydrogen (secondary N) is 1. The van der Waals surface area contributed by atoms with Crippen molar-refractivity contribution in [1.82, 2.24) is 4.98 Å². The van der Waals surface area contributed by atoms with Crippen molar-refractivity contribution in [2.45, 2.75) is 18.7 Å². The first-order valence-electron chi connectivity index (χ1n) is 8.73. The fourth-order valence-electron chi connectivity index (χ4n) is 2.67. The quantitative estimate of drug-likeness (QED) is 0.556. The highest BCUT2D eigenvalue weighted by Gasteiger charge is 2.20. The number of allylic oxidation sites excluding steroid dienone is 1. The molecule has 0 aliphatic carbocycles. The molecule has 0 saturated carbocycles. The third-order valence-corrected chi connectivity index (χ3v) is 5.92. The predicted octanol–water partition coefficient (Wildman–Crippen LogP) is 5.11. The van der Waals surface area contributed by atoms with Gasteiger partial charge in [-0.2, -0.15) is 0 Å². The molecule has 2 aromatic carbocycles. The minimum atomic E-state index is -3.90. The standard InChI is InChI=1S/C22H19ClN2O3S/c1-14(2)16-6-9-19(10-7-16)29(27,28)25-21-11-8-18(23)12-20(21)22(26)17-5-4-15(3)24-13-17/h4-13,25H,1H2,2-3H3. The monoisotopic (exact) mass is 426 g/mol. The van der Waals surface area contributed by atoms with Crippen LogP contribution in [0.25, 0.3) is 5.57 Å². The highest BCUT2D eigenvalue weighted by Crippen LogP contribution is 2.26. The fraction of sp³-hybridized carbons (Fsp3) is 0.0909. The van der Waals surface area contributed by atoms with E-state index in [0.29, 0.717) is 10.6 Å². The smallest absolute Gasteiger partial charge is 0.261 e. The lowest BCUT2D eigenvalue weighted by molar-refractivity contribution is 0.103. The number of carbonyl (C=O) groups is 1. The molecular formula is C22H19ClN2O3S. The van der Waals surface area contributed by atoms with Gasteiger partial charge in [-0.1, -0.05) is 35.9 Å². The van der Waals surface area contributed by atoms with Gasteiger partial charge in [0.25, 0.3) is 10.0 Å². The lowest BCUT2D eigenvalue weighted by Crippen LogP contribution is -2.16. The summed E-state index contributed by atoms with van der Waals surface area (Å²) in [6.45, 7) is 7.49. The lowest BCUT2D eigenvalue weighted by Gasteiger charge is -2.13. The van der Waals surface area contributed by atoms with E-state index in [1.165, 1.54) is 36.5 Å². The summed E-state index contributed by atoms with van der Waals surface area (Å²) in [5.41, 5.74) is 3.07. The summed E-state index contributed by atoms with van der Waals surface area (Å²) in [5, 5.41) is 0.321. The first kappa shape index (κ1) is 20.8. The summed E-state index contributed by atoms with van der Waals surface area (Å²) < 4.78 is 28.2. The first-order valence-corrected chi connectivity index (χ1v) is 10.6. The Morgan fingerprint density at radius 3 is 2.28 bits per heavy atom. The van der Waals surface area contributed by atoms with E-state index in [1.807, 2.05) is 13.8 Å². The van der Waals surface area contributed by atoms with Gasteiger partial charge in [-0.25, -0.2) is 8.42 Å². The number of aryl methyl sites for hydroxylation is 1. The highest BCUT2D eigenvalue weighted by molar-refractivity contribution is 7.92. The van der Waals surface area contributed by atoms with Crippen molar-refractivity contribution in [2.24, 2.45) is 0 Å². The summed E-state index contributed by atoms with van der Waals surface area (Å²) in [6, 6.07) is 14.1. The van der Waals surface area contributed by atoms with Crippen LogP contribution in [0.5, 0.6) is 0 Å². The predicted molar refractivity (Wildman–Crippen MR) is 116 cm³/mol. The Morgan fingerprint density at radius 1 is 1.03 bits per heavy atom. The van der Waals surface area contributed by atoms with Crippen LogP contribution in [0.4, 0.5) is 5.69 Å². The van der Waals surface area contributed by atoms with E-state index in [-0.39, 0.29) is 21.9 Å². The number of anilines is 1. The van der Waals surface area contributed by atoms with Gasteiger partial charge in [-0.3, -0.25) is 14.5 Å². The van der Waals surface area contributed by atoms with Crippen molar-refractivity contribution in [1.29, 1.82) is 0 Å². The number of carbonyl (C=O) groups excluding carboxylic acids is 1. The molecule has 148 valence electrons. The van der Waals surface area contributed by atoms with E-state index in [2.05, 4.69) is 16.3 Å². The van der Waals surface area contributed by atoms with E-state index in [1.54, 1.807) is 24.3 Å². The van der Waals surface area contributed by atoms with Crippen LogP contribution in [0.3, 0.4) is 0 Å². The molecule has 3 rings (SSSR count). The number of hydrogen-bond acceptors (Lipinski definition) is 4. The average molecular weight is 427 g/mol. The third kappa shape index (κ3) is 4.72. The van der Waals surface area contributed by atoms with Gasteiger partial charge in [0.15, 0.2) is 5.78 Å². The second-order valence-electron chi connectivity index (χ2n) is 6.62. The van der Waals surface area contributed by atoms with Gasteiger partial charge in [0, 0.05) is 28.0 Å². The van der Waals surface area contributed by atoms with Crippen molar-refractivity contribution < 1.29 is 13.2 Å². The number of benzene rings is 2. The summed E-state index contributed by atoms with van der Waals surface area (Å²) in [6.07, 6.45) is 1.45. The van der Waals surface area contributed by atoms with E-state index in [4.69, 9.17) is 11.6 Å². The molecule has 1 heterocycles. The van der Waals surface area contributed by atoms with Gasteiger partial charge in [0.2, 0.25) is 0 Å². The van der Waals surface area contributed by atoms with Gasteiger partial charge in [0.05, 0.1) is 10.6 Å². The zero-order valence-corrected chi connectivity index (χ0v) is 17.5. The molecule has 0 aliphatic heterocycles. The molecule has 7 heteroatoms. The number of nitrogens with zero attached hydrogens (tertiary/aromatic N) is 1. The van der Waals surface area contributed by atoms with Crippen LogP contribution >= 0.6 is 11.6 Å². The number of halogens is 1. The molecule has 0 radical (unpaired) electrons. The number of sulfonamides is 1. The van der Waals surface area contributed by atoms with Crippen LogP contribution in [-0.4, -0.2) is 19.2 Å². The maximum atomic E-state index is 12.9. The summed E-state index contributed by atoms with van der Waals surface area (Å²) >= 11 is 6.06. The Balaban J connectivity index is 1.97. The maximum absolute atomic E-state index is 12.9. The summed E-state index contributed by atoms with van der Waals surface area (Å²) in [7, 11) is -3.90. The van der Waals surface area contributed by atoms with Crippen molar-refractivity contribution in [3.63, 3.8) is 0 Å². The Bertz CT molecular complexity index is 1190. The van der Waals surface area contributed by atoms with E-state index in [0.717, 1.165) is 16.8 Å². The molecular weight excluding hydrogens is 408 g/mol. The molecule has 0 aliphatic rings. The van der Waals surface area contributed by atoms with Gasteiger partial charge in [-0.15, -0.1) is 0 Å². The molecule has 1 aromatic heterocycles. The van der Waals surface area contributed by atoms with Crippen LogP contribution in [0, 0.1) is 6.92 Å². The fourth-order valence-corrected chi connectivity index (χ4v) is 3.93. The average Bonchev–Trinajstić information content (AvgIpc) is 2.69. The largest absolute Gasteiger partial charge is 0.288 e. The van der Waals surface area contributed by atoms with Crippen molar-refractivity contribution in [3.8, 4) is 0 Å². The zero-order chi connectivity index (χ0) is 21.2. The molecule has 0 unspecified atom stereocenters. The molecule has 0 saturated heterocycles. The minimum absolute atomic E-state index is 0.0767. The molecule has 1 N–H and O–H groups in total. The second-order valence-corrected chi connectivity index (χ2v) is 8.74. The molecule has 5 nitrogen and oxygen atoms in total. The van der Waals surface area contributed by atoms with Crippen LogP contribution in [0.2, 0.25) is 5.02 Å². The number of rotatable bonds is 6. The van der Waals surface area contributed by atoms with Gasteiger partial charge >= 0.3 is 0 Å². The van der Waals surface area contributed by atoms with Crippen molar-refractivity contribution in [2.75, 3.05) is 4.72 Å². The van der Waals surface area contributed by atoms with Crippen LogP contribution in [-0.2, 0) is 10.0 Å². The SMILES string of the molecule is C=C(C)c1ccc(S(=O)(=O)Nc2ccc(Cl)cc2C(=O)c2ccc(C)nc2)cc1. The Hall–Kier alpha value is -2.96. The molecule has 0 atom stereocenters. The normalized spacial score (nSPS) is 11.1. The Labute approximate surface area is 175 Å². The first-order chi connectivity index (χ1) is 13.7. The highest BCUT2D eigenvalue weighted by atomic mass is 35.5. The van der Waals surface area contributed by atoms with E-state index in [9.17, 15) is 13.2 Å². The molecule has 0 bridgehead atoms. The Morgan fingerprint density at radius 2 is 1.69 bits per heavy atom. The van der Waals surface area contributed by atoms with Crippen LogP contribution in [0.1, 0.15) is 34.1 Å². The topological polar surface area (TPSA) is 76.1 Å². The third-order valence-electron chi connectivity index (χ3n) is 4.30. The van der Waals surface area contributed by atoms with Crippen LogP contribution in [0.15, 0.2) is 72.3 Å². The zero-order valence-electron chi connectivity index (χ0n) is 15.9. The number of hydrogen-bond donors (Lipinski definition) is 1. The van der Waals surface area contributed by atoms with Crippen molar-refractivity contribution >= 4 is 38.7 Å². The molecule has 29 heavy (non-hydrogen) atoms. The van der Waals surface area contributed by atoms with Gasteiger partial charge in [0.1, 0.15) is 0 Å². The van der Waals surface area contributed by atoms with Crippen LogP contribution < -0.4 is 4.72 Å². The Kier molecular flexibility index (Phi) is 5.86. The molecule has 0 amide bonds. The minimum Gasteiger partial charge on any atom is -0.288 e. The summed E-state index contributed by atoms with van der Waals surface area (Å²) in [4.78, 5) is 17.1. The number of aromatic nitrogens is 1. The second kappa shape index (κ2) is 8.19. The van der Waals surface area contributed by atoms with Gasteiger partial charge in [-0.05, 0) is 61.9 Å². The van der Waals surface area contributed by atoms with E-state index < -0.39 is 10.0 Å². The molecule has 0 fully saturated rings.